The Labute approximate surface area is 152 Å². The Balaban J connectivity index is 1.43. The van der Waals surface area contributed by atoms with Crippen molar-refractivity contribution in [2.24, 2.45) is 0 Å². The van der Waals surface area contributed by atoms with E-state index >= 15 is 0 Å². The number of carbonyl (C=O) groups excluding carboxylic acids is 2. The minimum Gasteiger partial charge on any atom is -0.482 e. The highest BCUT2D eigenvalue weighted by molar-refractivity contribution is 5.87. The third-order valence-electron chi connectivity index (χ3n) is 4.10. The van der Waals surface area contributed by atoms with Crippen molar-refractivity contribution in [1.82, 2.24) is 10.6 Å². The van der Waals surface area contributed by atoms with Crippen LogP contribution in [0.25, 0.3) is 0 Å². The molecule has 0 bridgehead atoms. The molecule has 2 amide bonds. The van der Waals surface area contributed by atoms with Gasteiger partial charge in [-0.25, -0.2) is 0 Å². The van der Waals surface area contributed by atoms with Crippen molar-refractivity contribution in [2.75, 3.05) is 13.1 Å². The highest BCUT2D eigenvalue weighted by Crippen LogP contribution is 2.33. The van der Waals surface area contributed by atoms with Crippen molar-refractivity contribution in [1.29, 1.82) is 0 Å². The van der Waals surface area contributed by atoms with Crippen LogP contribution in [-0.4, -0.2) is 37.1 Å². The van der Waals surface area contributed by atoms with Crippen molar-refractivity contribution in [3.05, 3.63) is 60.2 Å². The molecular weight excluding hydrogens is 332 g/mol. The van der Waals surface area contributed by atoms with Crippen molar-refractivity contribution < 1.29 is 19.1 Å². The third-order valence-corrected chi connectivity index (χ3v) is 4.10. The number of para-hydroxylation sites is 2. The van der Waals surface area contributed by atoms with Gasteiger partial charge in [-0.3, -0.25) is 9.59 Å². The fraction of sp³-hybridized carbons (Fsp3) is 0.300. The standard InChI is InChI=1S/C20H22N2O4/c1-14-19(26-17-10-6-5-9-16(17)25-14)20(24)22-13-18(23)21-12-11-15-7-3-2-4-8-15/h2-10,14,19H,11-13H2,1H3,(H,21,23)(H,22,24)/t14-,19-/m0/s1. The van der Waals surface area contributed by atoms with Crippen molar-refractivity contribution >= 4 is 11.8 Å². The van der Waals surface area contributed by atoms with Gasteiger partial charge < -0.3 is 20.1 Å². The van der Waals surface area contributed by atoms with Crippen LogP contribution in [0.4, 0.5) is 0 Å². The first-order valence-electron chi connectivity index (χ1n) is 8.64. The molecule has 2 aromatic rings. The Bertz CT molecular complexity index is 763. The van der Waals surface area contributed by atoms with Gasteiger partial charge in [0.1, 0.15) is 6.10 Å². The topological polar surface area (TPSA) is 76.7 Å². The lowest BCUT2D eigenvalue weighted by Gasteiger charge is -2.30. The molecule has 0 aromatic heterocycles. The summed E-state index contributed by atoms with van der Waals surface area (Å²) >= 11 is 0. The Morgan fingerprint density at radius 1 is 0.923 bits per heavy atom. The fourth-order valence-electron chi connectivity index (χ4n) is 2.73. The number of hydrogen-bond donors (Lipinski definition) is 2. The molecule has 0 saturated carbocycles. The molecule has 6 nitrogen and oxygen atoms in total. The average molecular weight is 354 g/mol. The molecule has 26 heavy (non-hydrogen) atoms. The molecule has 1 heterocycles. The van der Waals surface area contributed by atoms with Gasteiger partial charge in [-0.15, -0.1) is 0 Å². The lowest BCUT2D eigenvalue weighted by Crippen LogP contribution is -2.51. The number of amides is 2. The van der Waals surface area contributed by atoms with Gasteiger partial charge in [0.2, 0.25) is 12.0 Å². The maximum absolute atomic E-state index is 12.3. The first-order valence-corrected chi connectivity index (χ1v) is 8.64. The monoisotopic (exact) mass is 354 g/mol. The van der Waals surface area contributed by atoms with Gasteiger partial charge in [-0.1, -0.05) is 42.5 Å². The van der Waals surface area contributed by atoms with E-state index in [1.807, 2.05) is 42.5 Å². The number of carbonyl (C=O) groups is 2. The van der Waals surface area contributed by atoms with E-state index in [-0.39, 0.29) is 18.4 Å². The predicted molar refractivity (Wildman–Crippen MR) is 97.1 cm³/mol. The maximum atomic E-state index is 12.3. The van der Waals surface area contributed by atoms with Crippen LogP contribution in [0.5, 0.6) is 11.5 Å². The molecule has 0 aliphatic carbocycles. The van der Waals surface area contributed by atoms with Crippen LogP contribution in [0.3, 0.4) is 0 Å². The summed E-state index contributed by atoms with van der Waals surface area (Å²) in [7, 11) is 0. The number of benzene rings is 2. The predicted octanol–water partition coefficient (Wildman–Crippen LogP) is 1.69. The van der Waals surface area contributed by atoms with Crippen LogP contribution in [0, 0.1) is 0 Å². The normalized spacial score (nSPS) is 18.0. The first kappa shape index (κ1) is 17.8. The SMILES string of the molecule is C[C@@H]1Oc2ccccc2O[C@@H]1C(=O)NCC(=O)NCCc1ccccc1. The van der Waals surface area contributed by atoms with E-state index < -0.39 is 12.2 Å². The number of fused-ring (bicyclic) bond motifs is 1. The first-order chi connectivity index (χ1) is 12.6. The molecular formula is C20H22N2O4. The zero-order chi connectivity index (χ0) is 18.4. The lowest BCUT2D eigenvalue weighted by molar-refractivity contribution is -0.135. The molecule has 2 atom stereocenters. The van der Waals surface area contributed by atoms with E-state index in [2.05, 4.69) is 10.6 Å². The second kappa shape index (κ2) is 8.38. The molecule has 136 valence electrons. The molecule has 0 radical (unpaired) electrons. The highest BCUT2D eigenvalue weighted by Gasteiger charge is 2.34. The summed E-state index contributed by atoms with van der Waals surface area (Å²) in [4.78, 5) is 24.2. The molecule has 0 spiro atoms. The Hall–Kier alpha value is -3.02. The molecule has 1 aliphatic heterocycles. The number of ether oxygens (including phenoxy) is 2. The molecule has 3 rings (SSSR count). The minimum atomic E-state index is -0.790. The molecule has 2 aromatic carbocycles. The quantitative estimate of drug-likeness (QED) is 0.828. The number of nitrogens with one attached hydrogen (secondary N) is 2. The van der Waals surface area contributed by atoms with E-state index in [1.165, 1.54) is 0 Å². The van der Waals surface area contributed by atoms with Gasteiger partial charge >= 0.3 is 0 Å². The minimum absolute atomic E-state index is 0.0954. The van der Waals surface area contributed by atoms with Gasteiger partial charge in [0, 0.05) is 6.54 Å². The largest absolute Gasteiger partial charge is 0.482 e. The van der Waals surface area contributed by atoms with Crippen LogP contribution in [0.1, 0.15) is 12.5 Å². The van der Waals surface area contributed by atoms with Gasteiger partial charge in [0.25, 0.3) is 5.91 Å². The summed E-state index contributed by atoms with van der Waals surface area (Å²) in [5.74, 6) is 0.532. The summed E-state index contributed by atoms with van der Waals surface area (Å²) in [5.41, 5.74) is 1.15. The molecule has 0 fully saturated rings. The van der Waals surface area contributed by atoms with E-state index in [4.69, 9.17) is 9.47 Å². The van der Waals surface area contributed by atoms with E-state index in [0.29, 0.717) is 18.0 Å². The Kier molecular flexibility index (Phi) is 5.73. The summed E-state index contributed by atoms with van der Waals surface area (Å²) in [6, 6.07) is 17.1. The van der Waals surface area contributed by atoms with Gasteiger partial charge in [-0.2, -0.15) is 0 Å². The van der Waals surface area contributed by atoms with Crippen LogP contribution in [0.15, 0.2) is 54.6 Å². The second-order valence-corrected chi connectivity index (χ2v) is 6.11. The van der Waals surface area contributed by atoms with E-state index in [9.17, 15) is 9.59 Å². The molecule has 0 saturated heterocycles. The van der Waals surface area contributed by atoms with Crippen LogP contribution >= 0.6 is 0 Å². The fourth-order valence-corrected chi connectivity index (χ4v) is 2.73. The van der Waals surface area contributed by atoms with E-state index in [0.717, 1.165) is 12.0 Å². The zero-order valence-electron chi connectivity index (χ0n) is 14.6. The van der Waals surface area contributed by atoms with Crippen LogP contribution in [0.2, 0.25) is 0 Å². The third kappa shape index (κ3) is 4.53. The van der Waals surface area contributed by atoms with Crippen LogP contribution in [-0.2, 0) is 16.0 Å². The molecule has 0 unspecified atom stereocenters. The maximum Gasteiger partial charge on any atom is 0.265 e. The Morgan fingerprint density at radius 2 is 1.58 bits per heavy atom. The average Bonchev–Trinajstić information content (AvgIpc) is 2.66. The summed E-state index contributed by atoms with van der Waals surface area (Å²) in [5, 5.41) is 5.40. The van der Waals surface area contributed by atoms with Gasteiger partial charge in [0.05, 0.1) is 6.54 Å². The molecule has 1 aliphatic rings. The lowest BCUT2D eigenvalue weighted by atomic mass is 10.1. The van der Waals surface area contributed by atoms with Gasteiger partial charge in [-0.05, 0) is 31.0 Å². The zero-order valence-corrected chi connectivity index (χ0v) is 14.6. The smallest absolute Gasteiger partial charge is 0.265 e. The summed E-state index contributed by atoms with van der Waals surface area (Å²) in [6.45, 7) is 2.19. The molecule has 6 heteroatoms. The second-order valence-electron chi connectivity index (χ2n) is 6.11. The molecule has 2 N–H and O–H groups in total. The summed E-state index contributed by atoms with van der Waals surface area (Å²) < 4.78 is 11.4. The number of hydrogen-bond acceptors (Lipinski definition) is 4. The van der Waals surface area contributed by atoms with Crippen molar-refractivity contribution in [2.45, 2.75) is 25.6 Å². The summed E-state index contributed by atoms with van der Waals surface area (Å²) in [6.07, 6.45) is -0.485. The van der Waals surface area contributed by atoms with Gasteiger partial charge in [0.15, 0.2) is 11.5 Å². The van der Waals surface area contributed by atoms with Crippen molar-refractivity contribution in [3.63, 3.8) is 0 Å². The Morgan fingerprint density at radius 3 is 2.31 bits per heavy atom. The van der Waals surface area contributed by atoms with Crippen LogP contribution < -0.4 is 20.1 Å². The van der Waals surface area contributed by atoms with Crippen molar-refractivity contribution in [3.8, 4) is 11.5 Å². The number of rotatable bonds is 6. The highest BCUT2D eigenvalue weighted by atomic mass is 16.6. The van der Waals surface area contributed by atoms with E-state index in [1.54, 1.807) is 19.1 Å².